The highest BCUT2D eigenvalue weighted by Gasteiger charge is 2.62. The Labute approximate surface area is 129 Å². The normalized spacial score (nSPS) is 16.1. The summed E-state index contributed by atoms with van der Waals surface area (Å²) in [6.07, 6.45) is 0.981. The molecule has 0 aliphatic carbocycles. The largest absolute Gasteiger partial charge is 0.528 e. The Balaban J connectivity index is 6.52. The average molecular weight is 301 g/mol. The molecule has 0 aliphatic rings. The average Bonchev–Trinajstić information content (AvgIpc) is 2.18. The van der Waals surface area contributed by atoms with Gasteiger partial charge in [0.25, 0.3) is 5.97 Å². The van der Waals surface area contributed by atoms with E-state index < -0.39 is 5.41 Å². The molecule has 0 N–H and O–H groups in total. The molecule has 0 aromatic rings. The summed E-state index contributed by atoms with van der Waals surface area (Å²) in [7, 11) is 0.457. The van der Waals surface area contributed by atoms with E-state index in [1.165, 1.54) is 0 Å². The van der Waals surface area contributed by atoms with Gasteiger partial charge in [0.2, 0.25) is 10.5 Å². The van der Waals surface area contributed by atoms with Crippen LogP contribution in [0.2, 0.25) is 0 Å². The summed E-state index contributed by atoms with van der Waals surface area (Å²) in [5, 5.41) is 0. The van der Waals surface area contributed by atoms with Gasteiger partial charge in [0.05, 0.1) is 5.41 Å². The lowest BCUT2D eigenvalue weighted by Crippen LogP contribution is -2.60. The number of hydrogen-bond donors (Lipinski definition) is 0. The van der Waals surface area contributed by atoms with Gasteiger partial charge in [-0.2, -0.15) is 0 Å². The molecule has 0 aromatic heterocycles. The van der Waals surface area contributed by atoms with E-state index in [0.717, 1.165) is 6.42 Å². The first-order chi connectivity index (χ1) is 8.67. The quantitative estimate of drug-likeness (QED) is 0.737. The maximum atomic E-state index is 13.0. The summed E-state index contributed by atoms with van der Waals surface area (Å²) < 4.78 is 5.45. The predicted octanol–water partition coefficient (Wildman–Crippen LogP) is 3.96. The molecule has 0 aromatic carbocycles. The molecule has 0 saturated carbocycles. The summed E-state index contributed by atoms with van der Waals surface area (Å²) in [4.78, 5) is 13.0. The van der Waals surface area contributed by atoms with Crippen molar-refractivity contribution in [2.24, 2.45) is 27.6 Å². The van der Waals surface area contributed by atoms with E-state index in [9.17, 15) is 4.79 Å². The number of carbonyl (C=O) groups excluding carboxylic acids is 1. The van der Waals surface area contributed by atoms with E-state index >= 15 is 0 Å². The van der Waals surface area contributed by atoms with Crippen LogP contribution in [0.4, 0.5) is 0 Å². The van der Waals surface area contributed by atoms with Crippen LogP contribution >= 0.6 is 0 Å². The van der Waals surface area contributed by atoms with Crippen LogP contribution in [-0.2, 0) is 9.22 Å². The fraction of sp³-hybridized carbons (Fsp3) is 0.941. The lowest BCUT2D eigenvalue weighted by atomic mass is 9.44. The third kappa shape index (κ3) is 3.13. The maximum absolute atomic E-state index is 13.0. The molecule has 3 heteroatoms. The highest BCUT2D eigenvalue weighted by atomic mass is 28.2. The summed E-state index contributed by atoms with van der Waals surface area (Å²) in [6, 6.07) is 0. The van der Waals surface area contributed by atoms with Crippen molar-refractivity contribution in [1.29, 1.82) is 0 Å². The molecular weight excluding hydrogens is 264 g/mol. The zero-order valence-electron chi connectivity index (χ0n) is 15.6. The molecule has 0 heterocycles. The molecule has 1 atom stereocenters. The molecule has 0 fully saturated rings. The van der Waals surface area contributed by atoms with Gasteiger partial charge >= 0.3 is 0 Å². The second-order valence-corrected chi connectivity index (χ2v) is 9.53. The Morgan fingerprint density at radius 3 is 1.45 bits per heavy atom. The predicted molar refractivity (Wildman–Crippen MR) is 90.6 cm³/mol. The Kier molecular flexibility index (Phi) is 5.73. The second kappa shape index (κ2) is 5.82. The molecule has 0 radical (unpaired) electrons. The standard InChI is InChI=1S/C17H36O2Si/c1-11-12(14(2,3)4)17(13(18)19-20,15(5,6)7)16(8,9)10/h12H,11H2,1-10,20H3. The van der Waals surface area contributed by atoms with Gasteiger partial charge in [-0.25, -0.2) is 0 Å². The topological polar surface area (TPSA) is 26.3 Å². The summed E-state index contributed by atoms with van der Waals surface area (Å²) in [5.74, 6) is 0.266. The molecule has 0 saturated heterocycles. The molecule has 120 valence electrons. The smallest absolute Gasteiger partial charge is 0.299 e. The highest BCUT2D eigenvalue weighted by molar-refractivity contribution is 6.06. The van der Waals surface area contributed by atoms with E-state index in [1.54, 1.807) is 0 Å². The van der Waals surface area contributed by atoms with Gasteiger partial charge in [0.1, 0.15) is 0 Å². The van der Waals surface area contributed by atoms with Crippen LogP contribution in [0.1, 0.15) is 75.7 Å². The Morgan fingerprint density at radius 2 is 1.30 bits per heavy atom. The maximum Gasteiger partial charge on any atom is 0.299 e. The number of rotatable bonds is 3. The fourth-order valence-corrected chi connectivity index (χ4v) is 4.98. The Morgan fingerprint density at radius 1 is 0.950 bits per heavy atom. The minimum atomic E-state index is -0.491. The van der Waals surface area contributed by atoms with Gasteiger partial charge in [-0.05, 0) is 22.2 Å². The van der Waals surface area contributed by atoms with Crippen LogP contribution in [0, 0.1) is 27.6 Å². The first-order valence-electron chi connectivity index (χ1n) is 7.76. The van der Waals surface area contributed by atoms with Gasteiger partial charge in [-0.3, -0.25) is 4.79 Å². The van der Waals surface area contributed by atoms with Gasteiger partial charge in [0, 0.05) is 0 Å². The van der Waals surface area contributed by atoms with E-state index in [4.69, 9.17) is 4.43 Å². The molecule has 20 heavy (non-hydrogen) atoms. The first kappa shape index (κ1) is 19.7. The van der Waals surface area contributed by atoms with Crippen molar-refractivity contribution >= 4 is 16.5 Å². The molecule has 1 unspecified atom stereocenters. The van der Waals surface area contributed by atoms with Crippen molar-refractivity contribution in [2.45, 2.75) is 75.7 Å². The Hall–Kier alpha value is -0.313. The molecule has 0 rings (SSSR count). The van der Waals surface area contributed by atoms with Crippen LogP contribution in [0.15, 0.2) is 0 Å². The monoisotopic (exact) mass is 300 g/mol. The van der Waals surface area contributed by atoms with Crippen LogP contribution in [0.5, 0.6) is 0 Å². The highest BCUT2D eigenvalue weighted by Crippen LogP contribution is 2.61. The van der Waals surface area contributed by atoms with Crippen molar-refractivity contribution in [3.05, 3.63) is 0 Å². The minimum absolute atomic E-state index is 0.00839. The zero-order valence-corrected chi connectivity index (χ0v) is 17.6. The van der Waals surface area contributed by atoms with Gasteiger partial charge in [0.15, 0.2) is 0 Å². The van der Waals surface area contributed by atoms with Gasteiger partial charge < -0.3 is 4.43 Å². The van der Waals surface area contributed by atoms with Crippen molar-refractivity contribution in [3.8, 4) is 0 Å². The summed E-state index contributed by atoms with van der Waals surface area (Å²) in [6.45, 7) is 22.0. The minimum Gasteiger partial charge on any atom is -0.528 e. The molecule has 0 bridgehead atoms. The zero-order chi connectivity index (χ0) is 16.6. The van der Waals surface area contributed by atoms with Gasteiger partial charge in [-0.15, -0.1) is 0 Å². The van der Waals surface area contributed by atoms with Crippen LogP contribution in [0.3, 0.4) is 0 Å². The van der Waals surface area contributed by atoms with Crippen molar-refractivity contribution in [3.63, 3.8) is 0 Å². The number of carbonyl (C=O) groups is 1. The van der Waals surface area contributed by atoms with Crippen molar-refractivity contribution in [2.75, 3.05) is 0 Å². The van der Waals surface area contributed by atoms with E-state index in [0.29, 0.717) is 10.5 Å². The number of hydrogen-bond acceptors (Lipinski definition) is 2. The van der Waals surface area contributed by atoms with E-state index in [-0.39, 0.29) is 28.1 Å². The fourth-order valence-electron chi connectivity index (χ4n) is 4.65. The Bertz CT molecular complexity index is 325. The summed E-state index contributed by atoms with van der Waals surface area (Å²) in [5.41, 5.74) is -0.735. The molecular formula is C17H36O2Si. The van der Waals surface area contributed by atoms with E-state index in [1.807, 2.05) is 0 Å². The second-order valence-electron chi connectivity index (χ2n) is 9.13. The lowest BCUT2D eigenvalue weighted by molar-refractivity contribution is -0.184. The molecule has 0 amide bonds. The van der Waals surface area contributed by atoms with Crippen molar-refractivity contribution in [1.82, 2.24) is 0 Å². The van der Waals surface area contributed by atoms with Gasteiger partial charge in [-0.1, -0.05) is 75.7 Å². The van der Waals surface area contributed by atoms with Crippen LogP contribution in [-0.4, -0.2) is 16.5 Å². The lowest BCUT2D eigenvalue weighted by Gasteiger charge is -2.58. The first-order valence-corrected chi connectivity index (χ1v) is 8.58. The van der Waals surface area contributed by atoms with E-state index in [2.05, 4.69) is 69.2 Å². The van der Waals surface area contributed by atoms with Crippen molar-refractivity contribution < 1.29 is 9.22 Å². The third-order valence-electron chi connectivity index (χ3n) is 4.85. The van der Waals surface area contributed by atoms with Crippen LogP contribution < -0.4 is 0 Å². The SMILES string of the molecule is CCC(C(C)(C)C)C(C(=O)O[SiH3])(C(C)(C)C)C(C)(C)C. The molecule has 0 aliphatic heterocycles. The summed E-state index contributed by atoms with van der Waals surface area (Å²) >= 11 is 0. The third-order valence-corrected chi connectivity index (χ3v) is 5.22. The molecule has 0 spiro atoms. The molecule has 2 nitrogen and oxygen atoms in total. The van der Waals surface area contributed by atoms with Crippen LogP contribution in [0.25, 0.3) is 0 Å².